The summed E-state index contributed by atoms with van der Waals surface area (Å²) in [6, 6.07) is 9.89. The van der Waals surface area contributed by atoms with Gasteiger partial charge in [0.2, 0.25) is 0 Å². The van der Waals surface area contributed by atoms with Crippen LogP contribution >= 0.6 is 0 Å². The maximum Gasteiger partial charge on any atom is 0.416 e. The zero-order valence-electron chi connectivity index (χ0n) is 16.8. The van der Waals surface area contributed by atoms with Gasteiger partial charge in [0.1, 0.15) is 0 Å². The Morgan fingerprint density at radius 2 is 1.70 bits per heavy atom. The number of likely N-dealkylation sites (tertiary alicyclic amines) is 1. The van der Waals surface area contributed by atoms with E-state index in [1.54, 1.807) is 24.3 Å². The quantitative estimate of drug-likeness (QED) is 0.736. The highest BCUT2D eigenvalue weighted by Crippen LogP contribution is 2.42. The van der Waals surface area contributed by atoms with Crippen molar-refractivity contribution in [3.05, 3.63) is 59.2 Å². The van der Waals surface area contributed by atoms with Crippen LogP contribution in [0.15, 0.2) is 42.5 Å². The predicted molar refractivity (Wildman–Crippen MR) is 105 cm³/mol. The van der Waals surface area contributed by atoms with E-state index in [1.807, 2.05) is 4.90 Å². The first-order valence-corrected chi connectivity index (χ1v) is 9.61. The fourth-order valence-corrected chi connectivity index (χ4v) is 4.01. The summed E-state index contributed by atoms with van der Waals surface area (Å²) in [6.45, 7) is 0.754. The molecule has 1 aliphatic rings. The number of methoxy groups -OCH3 is 2. The van der Waals surface area contributed by atoms with Crippen molar-refractivity contribution in [1.29, 1.82) is 0 Å². The van der Waals surface area contributed by atoms with Crippen molar-refractivity contribution in [1.82, 2.24) is 4.90 Å². The summed E-state index contributed by atoms with van der Waals surface area (Å²) in [5.74, 6) is -0.447. The van der Waals surface area contributed by atoms with Crippen molar-refractivity contribution in [3.8, 4) is 11.5 Å². The van der Waals surface area contributed by atoms with Crippen molar-refractivity contribution in [3.63, 3.8) is 0 Å². The molecule has 1 atom stereocenters. The summed E-state index contributed by atoms with van der Waals surface area (Å²) >= 11 is 0. The van der Waals surface area contributed by atoms with Crippen LogP contribution in [0.25, 0.3) is 0 Å². The largest absolute Gasteiger partial charge is 0.493 e. The van der Waals surface area contributed by atoms with Crippen LogP contribution in [0.4, 0.5) is 13.2 Å². The maximum atomic E-state index is 13.8. The first-order valence-electron chi connectivity index (χ1n) is 9.61. The van der Waals surface area contributed by atoms with E-state index in [9.17, 15) is 23.1 Å². The standard InChI is InChI=1S/C22H24F3NO4/c1-29-18-8-7-15(13-19(18)30-2)20(26-11-9-14(10-12-26)21(27)28)16-5-3-4-6-17(16)22(23,24)25/h3-8,13-14,20H,9-12H2,1-2H3,(H,27,28). The van der Waals surface area contributed by atoms with E-state index in [0.717, 1.165) is 6.07 Å². The molecule has 30 heavy (non-hydrogen) atoms. The summed E-state index contributed by atoms with van der Waals surface area (Å²) in [5.41, 5.74) is 0.0502. The van der Waals surface area contributed by atoms with E-state index in [2.05, 4.69) is 0 Å². The number of piperidine rings is 1. The minimum Gasteiger partial charge on any atom is -0.493 e. The molecule has 162 valence electrons. The molecular formula is C22H24F3NO4. The van der Waals surface area contributed by atoms with Gasteiger partial charge in [0, 0.05) is 0 Å². The van der Waals surface area contributed by atoms with Crippen molar-refractivity contribution in [2.24, 2.45) is 5.92 Å². The number of rotatable bonds is 6. The van der Waals surface area contributed by atoms with E-state index in [1.165, 1.54) is 26.4 Å². The molecule has 0 bridgehead atoms. The summed E-state index contributed by atoms with van der Waals surface area (Å²) in [5, 5.41) is 9.28. The zero-order valence-corrected chi connectivity index (χ0v) is 16.8. The number of ether oxygens (including phenoxy) is 2. The van der Waals surface area contributed by atoms with Crippen LogP contribution in [0.1, 0.15) is 35.6 Å². The van der Waals surface area contributed by atoms with Gasteiger partial charge >= 0.3 is 12.1 Å². The Balaban J connectivity index is 2.09. The number of benzene rings is 2. The van der Waals surface area contributed by atoms with E-state index in [0.29, 0.717) is 43.0 Å². The highest BCUT2D eigenvalue weighted by molar-refractivity contribution is 5.70. The van der Waals surface area contributed by atoms with Crippen LogP contribution in [0.5, 0.6) is 11.5 Å². The van der Waals surface area contributed by atoms with Gasteiger partial charge in [-0.3, -0.25) is 9.69 Å². The molecule has 0 saturated carbocycles. The minimum absolute atomic E-state index is 0.131. The van der Waals surface area contributed by atoms with E-state index < -0.39 is 29.7 Å². The molecular weight excluding hydrogens is 399 g/mol. The van der Waals surface area contributed by atoms with Crippen LogP contribution in [0.3, 0.4) is 0 Å². The third-order valence-electron chi connectivity index (χ3n) is 5.53. The number of hydrogen-bond donors (Lipinski definition) is 1. The monoisotopic (exact) mass is 423 g/mol. The summed E-state index contributed by atoms with van der Waals surface area (Å²) in [4.78, 5) is 13.2. The van der Waals surface area contributed by atoms with Crippen LogP contribution in [-0.2, 0) is 11.0 Å². The number of carboxylic acids is 1. The van der Waals surface area contributed by atoms with Crippen molar-refractivity contribution in [2.75, 3.05) is 27.3 Å². The number of halogens is 3. The molecule has 1 heterocycles. The molecule has 0 spiro atoms. The second-order valence-corrected chi connectivity index (χ2v) is 7.25. The normalized spacial score (nSPS) is 16.8. The van der Waals surface area contributed by atoms with Crippen molar-refractivity contribution >= 4 is 5.97 Å². The van der Waals surface area contributed by atoms with Gasteiger partial charge in [-0.25, -0.2) is 0 Å². The van der Waals surface area contributed by atoms with Gasteiger partial charge in [-0.2, -0.15) is 13.2 Å². The molecule has 1 fully saturated rings. The fraction of sp³-hybridized carbons (Fsp3) is 0.409. The molecule has 8 heteroatoms. The first-order chi connectivity index (χ1) is 14.3. The van der Waals surface area contributed by atoms with Gasteiger partial charge in [-0.15, -0.1) is 0 Å². The van der Waals surface area contributed by atoms with Crippen LogP contribution in [0, 0.1) is 5.92 Å². The summed E-state index contributed by atoms with van der Waals surface area (Å²) < 4.78 is 52.0. The van der Waals surface area contributed by atoms with E-state index in [4.69, 9.17) is 9.47 Å². The van der Waals surface area contributed by atoms with Crippen LogP contribution < -0.4 is 9.47 Å². The third kappa shape index (κ3) is 4.53. The average Bonchev–Trinajstić information content (AvgIpc) is 2.74. The average molecular weight is 423 g/mol. The van der Waals surface area contributed by atoms with Gasteiger partial charge in [0.25, 0.3) is 0 Å². The van der Waals surface area contributed by atoms with Crippen molar-refractivity contribution < 1.29 is 32.5 Å². The predicted octanol–water partition coefficient (Wildman–Crippen LogP) is 4.61. The highest BCUT2D eigenvalue weighted by atomic mass is 19.4. The molecule has 5 nitrogen and oxygen atoms in total. The number of alkyl halides is 3. The van der Waals surface area contributed by atoms with E-state index in [-0.39, 0.29) is 5.56 Å². The van der Waals surface area contributed by atoms with E-state index >= 15 is 0 Å². The zero-order chi connectivity index (χ0) is 21.9. The lowest BCUT2D eigenvalue weighted by Crippen LogP contribution is -2.39. The molecule has 0 radical (unpaired) electrons. The number of carbonyl (C=O) groups is 1. The lowest BCUT2D eigenvalue weighted by atomic mass is 9.89. The maximum absolute atomic E-state index is 13.8. The topological polar surface area (TPSA) is 59.0 Å². The van der Waals surface area contributed by atoms with Gasteiger partial charge in [-0.05, 0) is 55.3 Å². The first kappa shape index (κ1) is 22.0. The summed E-state index contributed by atoms with van der Waals surface area (Å²) in [6.07, 6.45) is -3.74. The molecule has 3 rings (SSSR count). The molecule has 2 aromatic carbocycles. The Bertz CT molecular complexity index is 892. The smallest absolute Gasteiger partial charge is 0.416 e. The van der Waals surface area contributed by atoms with Gasteiger partial charge in [-0.1, -0.05) is 24.3 Å². The molecule has 0 amide bonds. The Hall–Kier alpha value is -2.74. The number of carboxylic acid groups (broad SMARTS) is 1. The molecule has 2 aromatic rings. The van der Waals surface area contributed by atoms with Gasteiger partial charge < -0.3 is 14.6 Å². The number of hydrogen-bond acceptors (Lipinski definition) is 4. The second kappa shape index (κ2) is 8.95. The molecule has 1 aliphatic heterocycles. The Morgan fingerprint density at radius 3 is 2.27 bits per heavy atom. The summed E-state index contributed by atoms with van der Waals surface area (Å²) in [7, 11) is 2.96. The molecule has 1 N–H and O–H groups in total. The number of aliphatic carboxylic acids is 1. The minimum atomic E-state index is -4.51. The Kier molecular flexibility index (Phi) is 6.55. The van der Waals surface area contributed by atoms with Crippen LogP contribution in [-0.4, -0.2) is 43.3 Å². The molecule has 0 aromatic heterocycles. The highest BCUT2D eigenvalue weighted by Gasteiger charge is 2.38. The Labute approximate surface area is 173 Å². The molecule has 1 saturated heterocycles. The Morgan fingerprint density at radius 1 is 1.07 bits per heavy atom. The molecule has 0 aliphatic carbocycles. The van der Waals surface area contributed by atoms with Gasteiger partial charge in [0.05, 0.1) is 31.7 Å². The SMILES string of the molecule is COc1ccc(C(c2ccccc2C(F)(F)F)N2CCC(C(=O)O)CC2)cc1OC. The lowest BCUT2D eigenvalue weighted by Gasteiger charge is -2.38. The van der Waals surface area contributed by atoms with Crippen molar-refractivity contribution in [2.45, 2.75) is 25.1 Å². The number of nitrogens with zero attached hydrogens (tertiary/aromatic N) is 1. The molecule has 1 unspecified atom stereocenters. The second-order valence-electron chi connectivity index (χ2n) is 7.25. The fourth-order valence-electron chi connectivity index (χ4n) is 4.01. The van der Waals surface area contributed by atoms with Crippen LogP contribution in [0.2, 0.25) is 0 Å². The lowest BCUT2D eigenvalue weighted by molar-refractivity contribution is -0.143. The van der Waals surface area contributed by atoms with Gasteiger partial charge in [0.15, 0.2) is 11.5 Å². The third-order valence-corrected chi connectivity index (χ3v) is 5.53.